The number of pyridine rings is 1. The average Bonchev–Trinajstić information content (AvgIpc) is 2.38. The summed E-state index contributed by atoms with van der Waals surface area (Å²) >= 11 is 0. The summed E-state index contributed by atoms with van der Waals surface area (Å²) in [7, 11) is 0. The van der Waals surface area contributed by atoms with Gasteiger partial charge in [-0.05, 0) is 25.5 Å². The molecule has 0 aliphatic heterocycles. The summed E-state index contributed by atoms with van der Waals surface area (Å²) in [5.41, 5.74) is 2.69. The summed E-state index contributed by atoms with van der Waals surface area (Å²) in [6, 6.07) is 9.80. The average molecular weight is 256 g/mol. The number of nitrogens with one attached hydrogen (secondary N) is 1. The molecule has 0 radical (unpaired) electrons. The number of carbonyl (C=O) groups excluding carboxylic acids is 1. The van der Waals surface area contributed by atoms with Gasteiger partial charge in [0.25, 0.3) is 0 Å². The van der Waals surface area contributed by atoms with Gasteiger partial charge in [0.05, 0.1) is 11.2 Å². The third-order valence-corrected chi connectivity index (χ3v) is 3.27. The highest BCUT2D eigenvalue weighted by Gasteiger charge is 2.13. The van der Waals surface area contributed by atoms with Crippen molar-refractivity contribution in [3.8, 4) is 0 Å². The number of hydrogen-bond acceptors (Lipinski definition) is 2. The summed E-state index contributed by atoms with van der Waals surface area (Å²) in [6.07, 6.45) is 1.93. The number of aromatic nitrogens is 1. The Labute approximate surface area is 114 Å². The highest BCUT2D eigenvalue weighted by Crippen LogP contribution is 2.23. The third-order valence-electron chi connectivity index (χ3n) is 3.27. The Morgan fingerprint density at radius 3 is 2.84 bits per heavy atom. The Hall–Kier alpha value is -1.90. The number of aryl methyl sites for hydroxylation is 1. The molecule has 19 heavy (non-hydrogen) atoms. The number of nitrogens with zero attached hydrogens (tertiary/aromatic N) is 1. The van der Waals surface area contributed by atoms with E-state index in [1.54, 1.807) is 0 Å². The van der Waals surface area contributed by atoms with Crippen LogP contribution < -0.4 is 5.32 Å². The van der Waals surface area contributed by atoms with E-state index in [0.717, 1.165) is 35.1 Å². The molecule has 0 aliphatic carbocycles. The molecule has 2 aromatic rings. The van der Waals surface area contributed by atoms with Crippen LogP contribution in [0.4, 0.5) is 5.69 Å². The van der Waals surface area contributed by atoms with Crippen LogP contribution in [0.25, 0.3) is 10.9 Å². The minimum Gasteiger partial charge on any atom is -0.325 e. The van der Waals surface area contributed by atoms with E-state index in [1.807, 2.05) is 44.2 Å². The minimum absolute atomic E-state index is 0.0391. The topological polar surface area (TPSA) is 42.0 Å². The van der Waals surface area contributed by atoms with Crippen LogP contribution in [-0.4, -0.2) is 10.9 Å². The molecule has 0 fully saturated rings. The van der Waals surface area contributed by atoms with Crippen molar-refractivity contribution in [3.05, 3.63) is 36.0 Å². The molecule has 1 heterocycles. The quantitative estimate of drug-likeness (QED) is 0.901. The maximum atomic E-state index is 12.1. The molecule has 3 heteroatoms. The summed E-state index contributed by atoms with van der Waals surface area (Å²) < 4.78 is 0. The number of carbonyl (C=O) groups is 1. The summed E-state index contributed by atoms with van der Waals surface area (Å²) in [5, 5.41) is 4.02. The van der Waals surface area contributed by atoms with Crippen molar-refractivity contribution >= 4 is 22.5 Å². The molecule has 1 atom stereocenters. The molecule has 3 nitrogen and oxygen atoms in total. The Bertz CT molecular complexity index is 592. The maximum absolute atomic E-state index is 12.1. The molecule has 0 spiro atoms. The molecular weight excluding hydrogens is 236 g/mol. The van der Waals surface area contributed by atoms with Gasteiger partial charge in [-0.2, -0.15) is 0 Å². The number of anilines is 1. The number of benzene rings is 1. The zero-order chi connectivity index (χ0) is 13.8. The van der Waals surface area contributed by atoms with Crippen LogP contribution >= 0.6 is 0 Å². The van der Waals surface area contributed by atoms with E-state index in [9.17, 15) is 4.79 Å². The lowest BCUT2D eigenvalue weighted by Crippen LogP contribution is -2.20. The molecule has 1 N–H and O–H groups in total. The summed E-state index contributed by atoms with van der Waals surface area (Å²) in [6.45, 7) is 6.00. The molecule has 1 aromatic heterocycles. The fourth-order valence-electron chi connectivity index (χ4n) is 2.23. The van der Waals surface area contributed by atoms with Crippen molar-refractivity contribution in [2.75, 3.05) is 5.32 Å². The van der Waals surface area contributed by atoms with E-state index in [-0.39, 0.29) is 11.8 Å². The SMILES string of the molecule is CCC[C@H](C)C(=O)Nc1cc(C)nc2ccccc12. The fraction of sp³-hybridized carbons (Fsp3) is 0.375. The third kappa shape index (κ3) is 3.11. The normalized spacial score (nSPS) is 12.4. The molecule has 0 aliphatic rings. The summed E-state index contributed by atoms with van der Waals surface area (Å²) in [5.74, 6) is 0.120. The minimum atomic E-state index is 0.0391. The first-order chi connectivity index (χ1) is 9.11. The van der Waals surface area contributed by atoms with Crippen molar-refractivity contribution < 1.29 is 4.79 Å². The molecule has 1 amide bonds. The van der Waals surface area contributed by atoms with Gasteiger partial charge in [-0.1, -0.05) is 38.5 Å². The van der Waals surface area contributed by atoms with Gasteiger partial charge in [-0.15, -0.1) is 0 Å². The highest BCUT2D eigenvalue weighted by atomic mass is 16.1. The maximum Gasteiger partial charge on any atom is 0.227 e. The Morgan fingerprint density at radius 1 is 1.37 bits per heavy atom. The van der Waals surface area contributed by atoms with Crippen LogP contribution in [0, 0.1) is 12.8 Å². The standard InChI is InChI=1S/C16H20N2O/c1-4-7-11(2)16(19)18-15-10-12(3)17-14-9-6-5-8-13(14)15/h5-6,8-11H,4,7H2,1-3H3,(H,17,18,19)/t11-/m0/s1. The molecule has 0 saturated carbocycles. The molecule has 0 unspecified atom stereocenters. The van der Waals surface area contributed by atoms with Gasteiger partial charge < -0.3 is 5.32 Å². The van der Waals surface area contributed by atoms with Gasteiger partial charge in [0, 0.05) is 17.0 Å². The lowest BCUT2D eigenvalue weighted by Gasteiger charge is -2.13. The van der Waals surface area contributed by atoms with Gasteiger partial charge in [0.15, 0.2) is 0 Å². The number of fused-ring (bicyclic) bond motifs is 1. The van der Waals surface area contributed by atoms with Crippen molar-refractivity contribution in [2.24, 2.45) is 5.92 Å². The predicted octanol–water partition coefficient (Wildman–Crippen LogP) is 3.92. The van der Waals surface area contributed by atoms with Crippen molar-refractivity contribution in [3.63, 3.8) is 0 Å². The van der Waals surface area contributed by atoms with E-state index < -0.39 is 0 Å². The lowest BCUT2D eigenvalue weighted by molar-refractivity contribution is -0.119. The molecule has 100 valence electrons. The monoisotopic (exact) mass is 256 g/mol. The van der Waals surface area contributed by atoms with Crippen LogP contribution in [0.2, 0.25) is 0 Å². The van der Waals surface area contributed by atoms with Crippen molar-refractivity contribution in [1.29, 1.82) is 0 Å². The first-order valence-electron chi connectivity index (χ1n) is 6.79. The number of hydrogen-bond donors (Lipinski definition) is 1. The van der Waals surface area contributed by atoms with Crippen LogP contribution in [0.5, 0.6) is 0 Å². The van der Waals surface area contributed by atoms with Crippen LogP contribution in [0.1, 0.15) is 32.4 Å². The van der Waals surface area contributed by atoms with E-state index in [2.05, 4.69) is 17.2 Å². The van der Waals surface area contributed by atoms with E-state index in [0.29, 0.717) is 0 Å². The number of para-hydroxylation sites is 1. The zero-order valence-corrected chi connectivity index (χ0v) is 11.7. The van der Waals surface area contributed by atoms with E-state index in [1.165, 1.54) is 0 Å². The second-order valence-electron chi connectivity index (χ2n) is 5.01. The van der Waals surface area contributed by atoms with Crippen LogP contribution in [0.15, 0.2) is 30.3 Å². The molecule has 0 saturated heterocycles. The van der Waals surface area contributed by atoms with Gasteiger partial charge in [-0.3, -0.25) is 9.78 Å². The van der Waals surface area contributed by atoms with Gasteiger partial charge >= 0.3 is 0 Å². The van der Waals surface area contributed by atoms with Crippen LogP contribution in [0.3, 0.4) is 0 Å². The fourth-order valence-corrected chi connectivity index (χ4v) is 2.23. The Balaban J connectivity index is 2.32. The van der Waals surface area contributed by atoms with E-state index >= 15 is 0 Å². The smallest absolute Gasteiger partial charge is 0.227 e. The number of amides is 1. The largest absolute Gasteiger partial charge is 0.325 e. The van der Waals surface area contributed by atoms with Gasteiger partial charge in [-0.25, -0.2) is 0 Å². The zero-order valence-electron chi connectivity index (χ0n) is 11.7. The van der Waals surface area contributed by atoms with Crippen LogP contribution in [-0.2, 0) is 4.79 Å². The van der Waals surface area contributed by atoms with Crippen molar-refractivity contribution in [2.45, 2.75) is 33.6 Å². The van der Waals surface area contributed by atoms with Crippen molar-refractivity contribution in [1.82, 2.24) is 4.98 Å². The molecule has 1 aromatic carbocycles. The molecular formula is C16H20N2O. The molecule has 0 bridgehead atoms. The highest BCUT2D eigenvalue weighted by molar-refractivity contribution is 6.01. The Morgan fingerprint density at radius 2 is 2.11 bits per heavy atom. The van der Waals surface area contributed by atoms with E-state index in [4.69, 9.17) is 0 Å². The van der Waals surface area contributed by atoms with Gasteiger partial charge in [0.1, 0.15) is 0 Å². The lowest BCUT2D eigenvalue weighted by atomic mass is 10.0. The Kier molecular flexibility index (Phi) is 4.15. The second kappa shape index (κ2) is 5.83. The first-order valence-corrected chi connectivity index (χ1v) is 6.79. The molecule has 2 rings (SSSR count). The second-order valence-corrected chi connectivity index (χ2v) is 5.01. The predicted molar refractivity (Wildman–Crippen MR) is 79.2 cm³/mol. The van der Waals surface area contributed by atoms with Gasteiger partial charge in [0.2, 0.25) is 5.91 Å². The number of rotatable bonds is 4. The first kappa shape index (κ1) is 13.5. The summed E-state index contributed by atoms with van der Waals surface area (Å²) in [4.78, 5) is 16.6.